The van der Waals surface area contributed by atoms with Crippen molar-refractivity contribution in [2.24, 2.45) is 14.0 Å². The van der Waals surface area contributed by atoms with E-state index >= 15 is 0 Å². The van der Waals surface area contributed by atoms with Crippen LogP contribution in [0.2, 0.25) is 0 Å². The normalized spacial score (nSPS) is 22.1. The second-order valence-electron chi connectivity index (χ2n) is 4.46. The van der Waals surface area contributed by atoms with Crippen molar-refractivity contribution >= 4 is 16.8 Å². The summed E-state index contributed by atoms with van der Waals surface area (Å²) in [5.41, 5.74) is -3.45. The number of carbonyl (C=O) groups excluding carboxylic acids is 1. The minimum absolute atomic E-state index is 0.114. The van der Waals surface area contributed by atoms with Gasteiger partial charge in [-0.3, -0.25) is 13.9 Å². The van der Waals surface area contributed by atoms with Crippen molar-refractivity contribution in [3.63, 3.8) is 0 Å². The van der Waals surface area contributed by atoms with Crippen LogP contribution >= 0.6 is 0 Å². The lowest BCUT2D eigenvalue weighted by atomic mass is 10.2. The summed E-state index contributed by atoms with van der Waals surface area (Å²) in [5, 5.41) is -0.478. The summed E-state index contributed by atoms with van der Waals surface area (Å²) >= 11 is 0. The first-order valence-corrected chi connectivity index (χ1v) is 6.07. The molecule has 0 bridgehead atoms. The zero-order chi connectivity index (χ0) is 25.9. The maximum absolute atomic E-state index is 13.0. The van der Waals surface area contributed by atoms with Crippen molar-refractivity contribution in [1.29, 1.82) is 0 Å². The molecular formula is C15H21N3O3. The van der Waals surface area contributed by atoms with E-state index in [1.54, 1.807) is 0 Å². The maximum Gasteiger partial charge on any atom is 0.332 e. The molecule has 0 aliphatic rings. The number of aryl methyl sites for hydroxylation is 3. The number of aromatic nitrogens is 3. The van der Waals surface area contributed by atoms with E-state index in [0.717, 1.165) is 0 Å². The van der Waals surface area contributed by atoms with Gasteiger partial charge in [0, 0.05) is 48.1 Å². The summed E-state index contributed by atoms with van der Waals surface area (Å²) in [6, 6.07) is 0. The third-order valence-corrected chi connectivity index (χ3v) is 3.03. The zero-order valence-corrected chi connectivity index (χ0v) is 11.2. The molecule has 2 aromatic rings. The first-order chi connectivity index (χ1) is 14.6. The van der Waals surface area contributed by atoms with E-state index in [4.69, 9.17) is 16.4 Å². The summed E-state index contributed by atoms with van der Waals surface area (Å²) in [6.45, 7) is -8.87. The number of hydrogen-bond donors (Lipinski definition) is 0. The Kier molecular flexibility index (Phi) is 1.62. The predicted molar refractivity (Wildman–Crippen MR) is 81.7 cm³/mol. The van der Waals surface area contributed by atoms with Gasteiger partial charge in [-0.1, -0.05) is 0 Å². The standard InChI is InChI=1S/C15H21N3O3/c1-10-9-16(3)13-12(10)14(20)18(15(21)17(13)4)8-6-5-7-11(2)19/h9H,5-8H2,1-4H3/i2D3,3D3,4D3,7D2,9D. The van der Waals surface area contributed by atoms with Crippen molar-refractivity contribution in [3.05, 3.63) is 32.6 Å². The summed E-state index contributed by atoms with van der Waals surface area (Å²) in [7, 11) is 0. The maximum atomic E-state index is 13.0. The largest absolute Gasteiger partial charge is 0.336 e. The van der Waals surface area contributed by atoms with E-state index in [9.17, 15) is 14.4 Å². The van der Waals surface area contributed by atoms with Crippen LogP contribution in [0, 0.1) is 6.92 Å². The molecule has 6 heteroatoms. The fourth-order valence-electron chi connectivity index (χ4n) is 2.09. The van der Waals surface area contributed by atoms with Crippen molar-refractivity contribution in [2.45, 2.75) is 39.5 Å². The highest BCUT2D eigenvalue weighted by Gasteiger charge is 2.15. The zero-order valence-electron chi connectivity index (χ0n) is 23.2. The summed E-state index contributed by atoms with van der Waals surface area (Å²) in [5.74, 6) is -1.65. The van der Waals surface area contributed by atoms with Gasteiger partial charge in [0.2, 0.25) is 0 Å². The molecule has 0 fully saturated rings. The van der Waals surface area contributed by atoms with Crippen molar-refractivity contribution in [2.75, 3.05) is 0 Å². The second-order valence-corrected chi connectivity index (χ2v) is 4.46. The predicted octanol–water partition coefficient (Wildman–Crippen LogP) is 1.11. The highest BCUT2D eigenvalue weighted by atomic mass is 16.2. The van der Waals surface area contributed by atoms with E-state index in [1.807, 2.05) is 0 Å². The van der Waals surface area contributed by atoms with Crippen LogP contribution in [0.3, 0.4) is 0 Å². The Hall–Kier alpha value is -2.11. The van der Waals surface area contributed by atoms with Gasteiger partial charge in [-0.05, 0) is 32.2 Å². The van der Waals surface area contributed by atoms with Crippen LogP contribution in [-0.4, -0.2) is 19.5 Å². The lowest BCUT2D eigenvalue weighted by molar-refractivity contribution is -0.117. The van der Waals surface area contributed by atoms with E-state index in [1.165, 1.54) is 6.92 Å². The lowest BCUT2D eigenvalue weighted by Crippen LogP contribution is -2.39. The molecule has 21 heavy (non-hydrogen) atoms. The van der Waals surface area contributed by atoms with Gasteiger partial charge in [-0.25, -0.2) is 4.79 Å². The highest BCUT2D eigenvalue weighted by molar-refractivity contribution is 5.79. The molecule has 2 aromatic heterocycles. The Morgan fingerprint density at radius 3 is 2.86 bits per heavy atom. The van der Waals surface area contributed by atoms with Gasteiger partial charge >= 0.3 is 5.69 Å². The molecular weight excluding hydrogens is 270 g/mol. The van der Waals surface area contributed by atoms with Crippen molar-refractivity contribution in [3.8, 4) is 0 Å². The minimum atomic E-state index is -3.24. The Labute approximate surface area is 139 Å². The average Bonchev–Trinajstić information content (AvgIpc) is 2.86. The molecule has 0 radical (unpaired) electrons. The van der Waals surface area contributed by atoms with Crippen LogP contribution in [0.1, 0.15) is 48.1 Å². The fraction of sp³-hybridized carbons (Fsp3) is 0.533. The molecule has 0 N–H and O–H groups in total. The van der Waals surface area contributed by atoms with Gasteiger partial charge in [-0.15, -0.1) is 0 Å². The molecule has 0 saturated carbocycles. The Balaban J connectivity index is 2.71. The average molecular weight is 303 g/mol. The molecule has 0 aliphatic carbocycles. The monoisotopic (exact) mass is 303 g/mol. The van der Waals surface area contributed by atoms with Crippen LogP contribution in [0.4, 0.5) is 0 Å². The Bertz CT molecular complexity index is 1210. The number of hydrogen-bond acceptors (Lipinski definition) is 3. The molecule has 0 spiro atoms. The lowest BCUT2D eigenvalue weighted by Gasteiger charge is -2.09. The summed E-state index contributed by atoms with van der Waals surface area (Å²) < 4.78 is 91.4. The molecule has 2 rings (SSSR count). The fourth-order valence-corrected chi connectivity index (χ4v) is 2.09. The van der Waals surface area contributed by atoms with Gasteiger partial charge < -0.3 is 9.36 Å². The van der Waals surface area contributed by atoms with Gasteiger partial charge in [0.1, 0.15) is 11.4 Å². The van der Waals surface area contributed by atoms with Crippen LogP contribution in [0.5, 0.6) is 0 Å². The van der Waals surface area contributed by atoms with Crippen molar-refractivity contribution in [1.82, 2.24) is 13.7 Å². The van der Waals surface area contributed by atoms with Gasteiger partial charge in [-0.2, -0.15) is 0 Å². The van der Waals surface area contributed by atoms with Crippen molar-refractivity contribution < 1.29 is 21.2 Å². The topological polar surface area (TPSA) is 66.0 Å². The first kappa shape index (κ1) is 5.94. The van der Waals surface area contributed by atoms with E-state index in [-0.39, 0.29) is 16.6 Å². The van der Waals surface area contributed by atoms with Crippen LogP contribution in [0.15, 0.2) is 15.8 Å². The molecule has 6 nitrogen and oxygen atoms in total. The number of nitrogens with zero attached hydrogens (tertiary/aromatic N) is 3. The van der Waals surface area contributed by atoms with Gasteiger partial charge in [0.15, 0.2) is 0 Å². The summed E-state index contributed by atoms with van der Waals surface area (Å²) in [6.07, 6.45) is -4.54. The molecule has 0 aromatic carbocycles. The highest BCUT2D eigenvalue weighted by Crippen LogP contribution is 2.13. The summed E-state index contributed by atoms with van der Waals surface area (Å²) in [4.78, 5) is 37.8. The molecule has 114 valence electrons. The van der Waals surface area contributed by atoms with E-state index in [0.29, 0.717) is 9.13 Å². The van der Waals surface area contributed by atoms with Crippen LogP contribution in [0.25, 0.3) is 11.0 Å². The van der Waals surface area contributed by atoms with E-state index in [2.05, 4.69) is 0 Å². The van der Waals surface area contributed by atoms with Crippen LogP contribution < -0.4 is 11.2 Å². The molecule has 0 unspecified atom stereocenters. The second kappa shape index (κ2) is 5.71. The molecule has 2 heterocycles. The van der Waals surface area contributed by atoms with Gasteiger partial charge in [0.05, 0.1) is 6.76 Å². The minimum Gasteiger partial charge on any atom is -0.336 e. The number of carbonyl (C=O) groups is 1. The quantitative estimate of drug-likeness (QED) is 0.831. The molecule has 0 amide bonds. The molecule has 0 aliphatic heterocycles. The third kappa shape index (κ3) is 2.70. The smallest absolute Gasteiger partial charge is 0.332 e. The molecule has 0 atom stereocenters. The van der Waals surface area contributed by atoms with Gasteiger partial charge in [0.25, 0.3) is 5.56 Å². The van der Waals surface area contributed by atoms with Crippen LogP contribution in [-0.2, 0) is 25.3 Å². The number of rotatable bonds is 5. The number of fused-ring (bicyclic) bond motifs is 1. The third-order valence-electron chi connectivity index (χ3n) is 3.03. The Morgan fingerprint density at radius 1 is 1.38 bits per heavy atom. The van der Waals surface area contributed by atoms with E-state index < -0.39 is 74.4 Å². The number of Topliss-reactive ketones (excluding diaryl/α,β-unsaturated/α-hetero) is 1. The number of ketones is 1. The SMILES string of the molecule is [2H]c1c(C)c2c(=O)n(CCCC([2H])([2H])C(=O)C([2H])([2H])[2H])c(=O)n(C([2H])([2H])[2H])c2n1C([2H])([2H])[2H]. The first-order valence-electron chi connectivity index (χ1n) is 12.1. The molecule has 0 saturated heterocycles. The Morgan fingerprint density at radius 2 is 2.19 bits per heavy atom.